The number of rotatable bonds is 2. The summed E-state index contributed by atoms with van der Waals surface area (Å²) in [7, 11) is 1.33. The number of aromatic nitrogens is 1. The van der Waals surface area contributed by atoms with Crippen LogP contribution in [0.1, 0.15) is 16.1 Å². The summed E-state index contributed by atoms with van der Waals surface area (Å²) in [5.41, 5.74) is 6.52. The normalized spacial score (nSPS) is 8.14. The first kappa shape index (κ1) is 15.6. The first-order valence-electron chi connectivity index (χ1n) is 3.51. The van der Waals surface area contributed by atoms with Gasteiger partial charge in [-0.1, -0.05) is 0 Å². The number of methoxy groups -OCH3 is 1. The second kappa shape index (κ2) is 7.55. The molecule has 0 bridgehead atoms. The van der Waals surface area contributed by atoms with Crippen LogP contribution in [0.15, 0.2) is 18.3 Å². The van der Waals surface area contributed by atoms with Crippen molar-refractivity contribution in [1.82, 2.24) is 4.98 Å². The maximum absolute atomic E-state index is 10.9. The molecule has 6 heteroatoms. The van der Waals surface area contributed by atoms with Crippen LogP contribution in [-0.2, 0) is 11.3 Å². The number of nitrogens with two attached hydrogens (primary N) is 1. The molecule has 1 heterocycles. The van der Waals surface area contributed by atoms with E-state index < -0.39 is 0 Å². The van der Waals surface area contributed by atoms with Gasteiger partial charge in [0.15, 0.2) is 0 Å². The number of hydrogen-bond donors (Lipinski definition) is 1. The van der Waals surface area contributed by atoms with E-state index in [9.17, 15) is 4.79 Å². The zero-order valence-corrected chi connectivity index (χ0v) is 9.23. The standard InChI is InChI=1S/C8H10N2O2.2ClH/c1-12-8(11)6-2-3-7(4-9)10-5-6;;/h2-3,5H,4,9H2,1H3;2*1H. The lowest BCUT2D eigenvalue weighted by Crippen LogP contribution is -2.04. The van der Waals surface area contributed by atoms with E-state index in [4.69, 9.17) is 5.73 Å². The van der Waals surface area contributed by atoms with Crippen LogP contribution in [0, 0.1) is 0 Å². The summed E-state index contributed by atoms with van der Waals surface area (Å²) >= 11 is 0. The molecule has 2 N–H and O–H groups in total. The Morgan fingerprint density at radius 2 is 2.14 bits per heavy atom. The Morgan fingerprint density at radius 1 is 1.50 bits per heavy atom. The Balaban J connectivity index is 0. The van der Waals surface area contributed by atoms with Gasteiger partial charge in [0.1, 0.15) is 0 Å². The third kappa shape index (κ3) is 3.91. The van der Waals surface area contributed by atoms with E-state index in [1.807, 2.05) is 0 Å². The highest BCUT2D eigenvalue weighted by Crippen LogP contribution is 2.00. The van der Waals surface area contributed by atoms with Gasteiger partial charge in [0, 0.05) is 12.7 Å². The van der Waals surface area contributed by atoms with E-state index in [1.54, 1.807) is 12.1 Å². The molecule has 0 unspecified atom stereocenters. The minimum atomic E-state index is -0.383. The summed E-state index contributed by atoms with van der Waals surface area (Å²) in [6, 6.07) is 3.34. The predicted molar refractivity (Wildman–Crippen MR) is 58.0 cm³/mol. The van der Waals surface area contributed by atoms with Gasteiger partial charge in [-0.25, -0.2) is 4.79 Å². The van der Waals surface area contributed by atoms with Gasteiger partial charge in [-0.3, -0.25) is 4.98 Å². The minimum Gasteiger partial charge on any atom is -0.465 e. The molecule has 0 atom stereocenters. The van der Waals surface area contributed by atoms with Crippen molar-refractivity contribution < 1.29 is 9.53 Å². The second-order valence-corrected chi connectivity index (χ2v) is 2.23. The molecule has 0 aromatic carbocycles. The van der Waals surface area contributed by atoms with Gasteiger partial charge in [0.2, 0.25) is 0 Å². The molecule has 1 rings (SSSR count). The third-order valence-electron chi connectivity index (χ3n) is 1.45. The Morgan fingerprint density at radius 3 is 2.50 bits per heavy atom. The van der Waals surface area contributed by atoms with E-state index >= 15 is 0 Å². The highest BCUT2D eigenvalue weighted by atomic mass is 35.5. The fourth-order valence-electron chi connectivity index (χ4n) is 0.784. The Kier molecular flexibility index (Phi) is 8.43. The maximum atomic E-state index is 10.9. The van der Waals surface area contributed by atoms with E-state index in [2.05, 4.69) is 9.72 Å². The smallest absolute Gasteiger partial charge is 0.339 e. The van der Waals surface area contributed by atoms with Crippen LogP contribution < -0.4 is 5.73 Å². The number of carbonyl (C=O) groups excluding carboxylic acids is 1. The fraction of sp³-hybridized carbons (Fsp3) is 0.250. The van der Waals surface area contributed by atoms with Gasteiger partial charge in [0.25, 0.3) is 0 Å². The number of esters is 1. The molecule has 14 heavy (non-hydrogen) atoms. The lowest BCUT2D eigenvalue weighted by molar-refractivity contribution is 0.0600. The van der Waals surface area contributed by atoms with Crippen LogP contribution in [0.4, 0.5) is 0 Å². The molecule has 0 saturated carbocycles. The molecule has 80 valence electrons. The average Bonchev–Trinajstić information content (AvgIpc) is 2.17. The number of pyridine rings is 1. The summed E-state index contributed by atoms with van der Waals surface area (Å²) in [6.45, 7) is 0.376. The molecule has 0 radical (unpaired) electrons. The lowest BCUT2D eigenvalue weighted by Gasteiger charge is -1.98. The summed E-state index contributed by atoms with van der Waals surface area (Å²) in [5, 5.41) is 0. The number of nitrogens with zero attached hydrogens (tertiary/aromatic N) is 1. The van der Waals surface area contributed by atoms with Crippen LogP contribution in [0.2, 0.25) is 0 Å². The zero-order chi connectivity index (χ0) is 8.97. The summed E-state index contributed by atoms with van der Waals surface area (Å²) in [6.07, 6.45) is 1.45. The molecule has 0 saturated heterocycles. The molecule has 0 amide bonds. The molecule has 1 aromatic heterocycles. The summed E-state index contributed by atoms with van der Waals surface area (Å²) in [5.74, 6) is -0.383. The minimum absolute atomic E-state index is 0. The predicted octanol–water partition coefficient (Wildman–Crippen LogP) is 1.17. The monoisotopic (exact) mass is 238 g/mol. The van der Waals surface area contributed by atoms with Crippen molar-refractivity contribution in [2.24, 2.45) is 5.73 Å². The zero-order valence-electron chi connectivity index (χ0n) is 7.60. The van der Waals surface area contributed by atoms with Gasteiger partial charge >= 0.3 is 5.97 Å². The van der Waals surface area contributed by atoms with E-state index in [0.717, 1.165) is 5.69 Å². The molecular formula is C8H12Cl2N2O2. The lowest BCUT2D eigenvalue weighted by atomic mass is 10.2. The number of ether oxygens (including phenoxy) is 1. The Hall–Kier alpha value is -0.840. The van der Waals surface area contributed by atoms with Gasteiger partial charge < -0.3 is 10.5 Å². The topological polar surface area (TPSA) is 65.2 Å². The Labute approximate surface area is 94.7 Å². The molecule has 0 aliphatic carbocycles. The Bertz CT molecular complexity index is 277. The second-order valence-electron chi connectivity index (χ2n) is 2.23. The largest absolute Gasteiger partial charge is 0.465 e. The van der Waals surface area contributed by atoms with Gasteiger partial charge in [0.05, 0.1) is 18.4 Å². The van der Waals surface area contributed by atoms with Crippen LogP contribution >= 0.6 is 24.8 Å². The molecule has 0 fully saturated rings. The van der Waals surface area contributed by atoms with Crippen molar-refractivity contribution >= 4 is 30.8 Å². The number of carbonyl (C=O) groups is 1. The highest BCUT2D eigenvalue weighted by molar-refractivity contribution is 5.88. The van der Waals surface area contributed by atoms with E-state index in [-0.39, 0.29) is 30.8 Å². The van der Waals surface area contributed by atoms with Crippen molar-refractivity contribution in [2.75, 3.05) is 7.11 Å². The van der Waals surface area contributed by atoms with Gasteiger partial charge in [-0.05, 0) is 12.1 Å². The van der Waals surface area contributed by atoms with Crippen molar-refractivity contribution in [3.8, 4) is 0 Å². The molecular weight excluding hydrogens is 227 g/mol. The van der Waals surface area contributed by atoms with Crippen LogP contribution in [0.3, 0.4) is 0 Å². The average molecular weight is 239 g/mol. The first-order valence-corrected chi connectivity index (χ1v) is 3.51. The van der Waals surface area contributed by atoms with Crippen LogP contribution in [-0.4, -0.2) is 18.1 Å². The molecule has 0 aliphatic rings. The van der Waals surface area contributed by atoms with E-state index in [1.165, 1.54) is 13.3 Å². The van der Waals surface area contributed by atoms with Gasteiger partial charge in [-0.2, -0.15) is 0 Å². The SMILES string of the molecule is COC(=O)c1ccc(CN)nc1.Cl.Cl. The number of hydrogen-bond acceptors (Lipinski definition) is 4. The fourth-order valence-corrected chi connectivity index (χ4v) is 0.784. The molecule has 4 nitrogen and oxygen atoms in total. The van der Waals surface area contributed by atoms with Gasteiger partial charge in [-0.15, -0.1) is 24.8 Å². The molecule has 0 spiro atoms. The van der Waals surface area contributed by atoms with Crippen molar-refractivity contribution in [2.45, 2.75) is 6.54 Å². The van der Waals surface area contributed by atoms with Crippen molar-refractivity contribution in [3.05, 3.63) is 29.6 Å². The quantitative estimate of drug-likeness (QED) is 0.786. The van der Waals surface area contributed by atoms with Crippen LogP contribution in [0.5, 0.6) is 0 Å². The number of halogens is 2. The molecule has 0 aliphatic heterocycles. The summed E-state index contributed by atoms with van der Waals surface area (Å²) < 4.78 is 4.50. The molecule has 1 aromatic rings. The first-order chi connectivity index (χ1) is 5.77. The van der Waals surface area contributed by atoms with Crippen molar-refractivity contribution in [1.29, 1.82) is 0 Å². The van der Waals surface area contributed by atoms with Crippen LogP contribution in [0.25, 0.3) is 0 Å². The third-order valence-corrected chi connectivity index (χ3v) is 1.45. The van der Waals surface area contributed by atoms with E-state index in [0.29, 0.717) is 12.1 Å². The highest BCUT2D eigenvalue weighted by Gasteiger charge is 2.03. The van der Waals surface area contributed by atoms with Crippen molar-refractivity contribution in [3.63, 3.8) is 0 Å². The maximum Gasteiger partial charge on any atom is 0.339 e. The summed E-state index contributed by atoms with van der Waals surface area (Å²) in [4.78, 5) is 14.9.